The summed E-state index contributed by atoms with van der Waals surface area (Å²) in [4.78, 5) is 25.0. The van der Waals surface area contributed by atoms with Crippen molar-refractivity contribution in [3.63, 3.8) is 0 Å². The highest BCUT2D eigenvalue weighted by molar-refractivity contribution is 5.85. The number of methoxy groups -OCH3 is 1. The average Bonchev–Trinajstić information content (AvgIpc) is 3.22. The SMILES string of the molecule is COc1ccc(CNc2nc(-c3ccc(C=O)cc3)nc3c2ncn3C(C)C)cc1. The van der Waals surface area contributed by atoms with Crippen LogP contribution in [0.15, 0.2) is 54.9 Å². The highest BCUT2D eigenvalue weighted by Gasteiger charge is 2.16. The summed E-state index contributed by atoms with van der Waals surface area (Å²) in [5.41, 5.74) is 4.05. The van der Waals surface area contributed by atoms with Crippen LogP contribution >= 0.6 is 0 Å². The molecule has 7 heteroatoms. The van der Waals surface area contributed by atoms with Crippen molar-refractivity contribution in [2.45, 2.75) is 26.4 Å². The maximum atomic E-state index is 11.0. The molecule has 4 aromatic rings. The van der Waals surface area contributed by atoms with Gasteiger partial charge in [-0.3, -0.25) is 4.79 Å². The van der Waals surface area contributed by atoms with Crippen LogP contribution < -0.4 is 10.1 Å². The molecule has 0 saturated carbocycles. The van der Waals surface area contributed by atoms with Crippen LogP contribution in [-0.4, -0.2) is 32.9 Å². The number of hydrogen-bond donors (Lipinski definition) is 1. The minimum Gasteiger partial charge on any atom is -0.497 e. The number of carbonyl (C=O) groups is 1. The fourth-order valence-electron chi connectivity index (χ4n) is 3.19. The first-order valence-corrected chi connectivity index (χ1v) is 9.76. The zero-order valence-corrected chi connectivity index (χ0v) is 17.2. The van der Waals surface area contributed by atoms with E-state index < -0.39 is 0 Å². The van der Waals surface area contributed by atoms with Crippen molar-refractivity contribution in [2.75, 3.05) is 12.4 Å². The summed E-state index contributed by atoms with van der Waals surface area (Å²) in [6.45, 7) is 4.77. The van der Waals surface area contributed by atoms with Gasteiger partial charge in [-0.25, -0.2) is 15.0 Å². The molecule has 0 amide bonds. The van der Waals surface area contributed by atoms with Gasteiger partial charge in [-0.15, -0.1) is 0 Å². The molecule has 2 aromatic heterocycles. The standard InChI is InChI=1S/C23H23N5O2/c1-15(2)28-14-25-20-22(24-12-16-6-10-19(30-3)11-7-16)26-21(27-23(20)28)18-8-4-17(13-29)5-9-18/h4-11,13-15H,12H2,1-3H3,(H,24,26,27). The summed E-state index contributed by atoms with van der Waals surface area (Å²) >= 11 is 0. The van der Waals surface area contributed by atoms with Gasteiger partial charge in [-0.2, -0.15) is 0 Å². The maximum absolute atomic E-state index is 11.0. The Morgan fingerprint density at radius 3 is 2.43 bits per heavy atom. The lowest BCUT2D eigenvalue weighted by Gasteiger charge is -2.12. The predicted octanol–water partition coefficient (Wildman–Crippen LogP) is 4.51. The van der Waals surface area contributed by atoms with Gasteiger partial charge in [0.25, 0.3) is 0 Å². The van der Waals surface area contributed by atoms with Crippen LogP contribution in [0.1, 0.15) is 35.8 Å². The molecule has 0 saturated heterocycles. The molecule has 0 fully saturated rings. The first-order valence-electron chi connectivity index (χ1n) is 9.76. The molecule has 2 heterocycles. The van der Waals surface area contributed by atoms with Crippen LogP contribution in [-0.2, 0) is 6.54 Å². The number of fused-ring (bicyclic) bond motifs is 1. The van der Waals surface area contributed by atoms with Crippen LogP contribution in [0.4, 0.5) is 5.82 Å². The minimum absolute atomic E-state index is 0.213. The fourth-order valence-corrected chi connectivity index (χ4v) is 3.19. The molecular formula is C23H23N5O2. The van der Waals surface area contributed by atoms with Gasteiger partial charge in [0.05, 0.1) is 13.4 Å². The van der Waals surface area contributed by atoms with E-state index in [-0.39, 0.29) is 6.04 Å². The lowest BCUT2D eigenvalue weighted by molar-refractivity contribution is 0.112. The zero-order chi connectivity index (χ0) is 21.1. The van der Waals surface area contributed by atoms with Crippen molar-refractivity contribution >= 4 is 23.3 Å². The summed E-state index contributed by atoms with van der Waals surface area (Å²) in [7, 11) is 1.65. The monoisotopic (exact) mass is 401 g/mol. The number of nitrogens with zero attached hydrogens (tertiary/aromatic N) is 4. The number of carbonyl (C=O) groups excluding carboxylic acids is 1. The van der Waals surface area contributed by atoms with Crippen LogP contribution in [0.25, 0.3) is 22.6 Å². The Kier molecular flexibility index (Phi) is 5.43. The quantitative estimate of drug-likeness (QED) is 0.459. The topological polar surface area (TPSA) is 81.9 Å². The van der Waals surface area contributed by atoms with Crippen molar-refractivity contribution in [1.29, 1.82) is 0 Å². The Labute approximate surface area is 174 Å². The normalized spacial score (nSPS) is 11.1. The number of imidazole rings is 1. The largest absolute Gasteiger partial charge is 0.497 e. The number of nitrogens with one attached hydrogen (secondary N) is 1. The third-order valence-electron chi connectivity index (χ3n) is 4.90. The van der Waals surface area contributed by atoms with Gasteiger partial charge in [-0.1, -0.05) is 36.4 Å². The van der Waals surface area contributed by atoms with Gasteiger partial charge in [0.2, 0.25) is 0 Å². The maximum Gasteiger partial charge on any atom is 0.166 e. The Hall–Kier alpha value is -3.74. The van der Waals surface area contributed by atoms with Crippen LogP contribution in [0.3, 0.4) is 0 Å². The van der Waals surface area contributed by atoms with Gasteiger partial charge < -0.3 is 14.6 Å². The molecule has 0 aliphatic rings. The molecule has 0 unspecified atom stereocenters. The molecule has 0 radical (unpaired) electrons. The second kappa shape index (κ2) is 8.32. The van der Waals surface area contributed by atoms with Gasteiger partial charge in [0.1, 0.15) is 17.6 Å². The zero-order valence-electron chi connectivity index (χ0n) is 17.2. The smallest absolute Gasteiger partial charge is 0.166 e. The lowest BCUT2D eigenvalue weighted by Crippen LogP contribution is -2.06. The molecule has 4 rings (SSSR count). The molecule has 30 heavy (non-hydrogen) atoms. The van der Waals surface area contributed by atoms with E-state index in [1.165, 1.54) is 0 Å². The Bertz CT molecular complexity index is 1160. The highest BCUT2D eigenvalue weighted by Crippen LogP contribution is 2.26. The van der Waals surface area contributed by atoms with E-state index in [1.807, 2.05) is 41.0 Å². The third kappa shape index (κ3) is 3.87. The van der Waals surface area contributed by atoms with E-state index in [9.17, 15) is 4.79 Å². The van der Waals surface area contributed by atoms with Crippen molar-refractivity contribution in [1.82, 2.24) is 19.5 Å². The molecule has 0 aliphatic heterocycles. The van der Waals surface area contributed by atoms with Gasteiger partial charge in [0.15, 0.2) is 17.3 Å². The second-order valence-electron chi connectivity index (χ2n) is 7.26. The summed E-state index contributed by atoms with van der Waals surface area (Å²) < 4.78 is 7.25. The number of hydrogen-bond acceptors (Lipinski definition) is 6. The van der Waals surface area contributed by atoms with Crippen molar-refractivity contribution < 1.29 is 9.53 Å². The molecular weight excluding hydrogens is 378 g/mol. The Morgan fingerprint density at radius 1 is 1.07 bits per heavy atom. The van der Waals surface area contributed by atoms with Gasteiger partial charge in [-0.05, 0) is 31.5 Å². The van der Waals surface area contributed by atoms with Crippen LogP contribution in [0, 0.1) is 0 Å². The molecule has 7 nitrogen and oxygen atoms in total. The first-order chi connectivity index (χ1) is 14.6. The highest BCUT2D eigenvalue weighted by atomic mass is 16.5. The number of benzene rings is 2. The van der Waals surface area contributed by atoms with E-state index in [4.69, 9.17) is 14.7 Å². The number of rotatable bonds is 7. The second-order valence-corrected chi connectivity index (χ2v) is 7.26. The minimum atomic E-state index is 0.213. The molecule has 0 aliphatic carbocycles. The van der Waals surface area contributed by atoms with E-state index in [0.717, 1.165) is 34.3 Å². The molecule has 0 bridgehead atoms. The Morgan fingerprint density at radius 2 is 1.80 bits per heavy atom. The Balaban J connectivity index is 1.73. The summed E-state index contributed by atoms with van der Waals surface area (Å²) in [5, 5.41) is 3.40. The lowest BCUT2D eigenvalue weighted by atomic mass is 10.1. The molecule has 2 aromatic carbocycles. The molecule has 1 N–H and O–H groups in total. The van der Waals surface area contributed by atoms with Crippen molar-refractivity contribution in [3.05, 3.63) is 66.0 Å². The third-order valence-corrected chi connectivity index (χ3v) is 4.90. The van der Waals surface area contributed by atoms with Crippen LogP contribution in [0.2, 0.25) is 0 Å². The van der Waals surface area contributed by atoms with Crippen molar-refractivity contribution in [2.24, 2.45) is 0 Å². The summed E-state index contributed by atoms with van der Waals surface area (Å²) in [5.74, 6) is 2.07. The molecule has 152 valence electrons. The van der Waals surface area contributed by atoms with Crippen molar-refractivity contribution in [3.8, 4) is 17.1 Å². The van der Waals surface area contributed by atoms with Crippen LogP contribution in [0.5, 0.6) is 5.75 Å². The van der Waals surface area contributed by atoms with E-state index in [0.29, 0.717) is 23.8 Å². The molecule has 0 spiro atoms. The van der Waals surface area contributed by atoms with Gasteiger partial charge >= 0.3 is 0 Å². The van der Waals surface area contributed by atoms with E-state index in [2.05, 4.69) is 24.1 Å². The molecule has 0 atom stereocenters. The number of anilines is 1. The fraction of sp³-hybridized carbons (Fsp3) is 0.217. The van der Waals surface area contributed by atoms with E-state index in [1.54, 1.807) is 25.6 Å². The average molecular weight is 401 g/mol. The summed E-state index contributed by atoms with van der Waals surface area (Å²) in [6, 6.07) is 15.3. The van der Waals surface area contributed by atoms with Gasteiger partial charge in [0, 0.05) is 23.7 Å². The predicted molar refractivity (Wildman–Crippen MR) is 117 cm³/mol. The number of ether oxygens (including phenoxy) is 1. The number of aldehydes is 1. The summed E-state index contributed by atoms with van der Waals surface area (Å²) in [6.07, 6.45) is 2.62. The number of aromatic nitrogens is 4. The first kappa shape index (κ1) is 19.6. The van der Waals surface area contributed by atoms with E-state index >= 15 is 0 Å².